The first kappa shape index (κ1) is 13.7. The Balaban J connectivity index is 2.12. The van der Waals surface area contributed by atoms with Gasteiger partial charge in [0.2, 0.25) is 6.79 Å². The molecule has 0 fully saturated rings. The Hall–Kier alpha value is -1.68. The number of rotatable bonds is 2. The molecule has 5 heteroatoms. The summed E-state index contributed by atoms with van der Waals surface area (Å²) in [6.07, 6.45) is 2.99. The first-order valence-corrected chi connectivity index (χ1v) is 6.23. The number of ether oxygens (including phenoxy) is 3. The standard InChI is InChI=1S/C14H15ClO4/c1-14(2,3)19-12(16)5-4-9-6-10(15)13-11(7-9)17-8-18-13/h4-7H,8H2,1-3H3/b5-4+. The molecule has 0 unspecified atom stereocenters. The summed E-state index contributed by atoms with van der Waals surface area (Å²) in [6.45, 7) is 5.61. The molecule has 0 aromatic heterocycles. The highest BCUT2D eigenvalue weighted by Gasteiger charge is 2.18. The SMILES string of the molecule is CC(C)(C)OC(=O)/C=C/c1cc(Cl)c2c(c1)OCO2. The monoisotopic (exact) mass is 282 g/mol. The highest BCUT2D eigenvalue weighted by molar-refractivity contribution is 6.32. The van der Waals surface area contributed by atoms with E-state index in [1.54, 1.807) is 18.2 Å². The van der Waals surface area contributed by atoms with E-state index in [1.165, 1.54) is 6.08 Å². The molecule has 0 bridgehead atoms. The highest BCUT2D eigenvalue weighted by atomic mass is 35.5. The fourth-order valence-electron chi connectivity index (χ4n) is 1.58. The van der Waals surface area contributed by atoms with E-state index in [2.05, 4.69) is 0 Å². The summed E-state index contributed by atoms with van der Waals surface area (Å²) >= 11 is 6.04. The molecular weight excluding hydrogens is 268 g/mol. The molecule has 0 saturated carbocycles. The molecule has 1 aromatic rings. The number of carbonyl (C=O) groups is 1. The topological polar surface area (TPSA) is 44.8 Å². The summed E-state index contributed by atoms with van der Waals surface area (Å²) in [5.74, 6) is 0.716. The van der Waals surface area contributed by atoms with Crippen LogP contribution in [0.3, 0.4) is 0 Å². The van der Waals surface area contributed by atoms with E-state index < -0.39 is 11.6 Å². The average molecular weight is 283 g/mol. The quantitative estimate of drug-likeness (QED) is 0.616. The van der Waals surface area contributed by atoms with Gasteiger partial charge in [0.1, 0.15) is 5.60 Å². The predicted molar refractivity (Wildman–Crippen MR) is 72.5 cm³/mol. The summed E-state index contributed by atoms with van der Waals surface area (Å²) in [4.78, 5) is 11.6. The van der Waals surface area contributed by atoms with Gasteiger partial charge in [-0.2, -0.15) is 0 Å². The van der Waals surface area contributed by atoms with Gasteiger partial charge in [-0.05, 0) is 44.5 Å². The van der Waals surface area contributed by atoms with Crippen molar-refractivity contribution in [1.29, 1.82) is 0 Å². The summed E-state index contributed by atoms with van der Waals surface area (Å²) in [5, 5.41) is 0.457. The van der Waals surface area contributed by atoms with Crippen LogP contribution in [0.15, 0.2) is 18.2 Å². The second-order valence-corrected chi connectivity index (χ2v) is 5.51. The van der Waals surface area contributed by atoms with Gasteiger partial charge in [-0.3, -0.25) is 0 Å². The lowest BCUT2D eigenvalue weighted by Gasteiger charge is -2.17. The van der Waals surface area contributed by atoms with Crippen molar-refractivity contribution in [3.63, 3.8) is 0 Å². The van der Waals surface area contributed by atoms with E-state index in [-0.39, 0.29) is 6.79 Å². The first-order chi connectivity index (χ1) is 8.85. The molecule has 0 N–H and O–H groups in total. The Bertz CT molecular complexity index is 529. The highest BCUT2D eigenvalue weighted by Crippen LogP contribution is 2.40. The predicted octanol–water partition coefficient (Wildman–Crippen LogP) is 3.42. The third-order valence-electron chi connectivity index (χ3n) is 2.27. The van der Waals surface area contributed by atoms with Crippen LogP contribution in [0.4, 0.5) is 0 Å². The zero-order chi connectivity index (χ0) is 14.0. The number of halogens is 1. The molecule has 0 radical (unpaired) electrons. The Morgan fingerprint density at radius 3 is 2.79 bits per heavy atom. The number of hydrogen-bond donors (Lipinski definition) is 0. The van der Waals surface area contributed by atoms with Gasteiger partial charge in [0, 0.05) is 6.08 Å². The van der Waals surface area contributed by atoms with Crippen LogP contribution in [0.25, 0.3) is 6.08 Å². The summed E-state index contributed by atoms with van der Waals surface area (Å²) in [7, 11) is 0. The molecular formula is C14H15ClO4. The molecule has 2 rings (SSSR count). The minimum atomic E-state index is -0.506. The largest absolute Gasteiger partial charge is 0.457 e. The third kappa shape index (κ3) is 3.64. The third-order valence-corrected chi connectivity index (χ3v) is 2.55. The molecule has 0 atom stereocenters. The Morgan fingerprint density at radius 2 is 2.11 bits per heavy atom. The van der Waals surface area contributed by atoms with E-state index in [0.717, 1.165) is 5.56 Å². The second-order valence-electron chi connectivity index (χ2n) is 5.10. The van der Waals surface area contributed by atoms with Gasteiger partial charge in [-0.1, -0.05) is 11.6 Å². The zero-order valence-corrected chi connectivity index (χ0v) is 11.8. The second kappa shape index (κ2) is 5.13. The summed E-state index contributed by atoms with van der Waals surface area (Å²) in [5.41, 5.74) is 0.244. The van der Waals surface area contributed by atoms with Crippen LogP contribution >= 0.6 is 11.6 Å². The molecule has 1 aliphatic rings. The molecule has 0 aliphatic carbocycles. The normalized spacial score (nSPS) is 13.9. The van der Waals surface area contributed by atoms with Gasteiger partial charge in [-0.15, -0.1) is 0 Å². The number of esters is 1. The van der Waals surface area contributed by atoms with E-state index in [9.17, 15) is 4.79 Å². The summed E-state index contributed by atoms with van der Waals surface area (Å²) in [6, 6.07) is 3.46. The molecule has 0 saturated heterocycles. The Labute approximate surface area is 116 Å². The molecule has 0 amide bonds. The van der Waals surface area contributed by atoms with Gasteiger partial charge in [-0.25, -0.2) is 4.79 Å². The minimum absolute atomic E-state index is 0.161. The minimum Gasteiger partial charge on any atom is -0.457 e. The lowest BCUT2D eigenvalue weighted by molar-refractivity contribution is -0.148. The van der Waals surface area contributed by atoms with Gasteiger partial charge in [0.15, 0.2) is 11.5 Å². The van der Waals surface area contributed by atoms with Gasteiger partial charge >= 0.3 is 5.97 Å². The van der Waals surface area contributed by atoms with Crippen LogP contribution in [-0.4, -0.2) is 18.4 Å². The Kier molecular flexibility index (Phi) is 3.71. The van der Waals surface area contributed by atoms with Gasteiger partial charge in [0.25, 0.3) is 0 Å². The van der Waals surface area contributed by atoms with Crippen LogP contribution in [-0.2, 0) is 9.53 Å². The fourth-order valence-corrected chi connectivity index (χ4v) is 1.86. The smallest absolute Gasteiger partial charge is 0.331 e. The number of benzene rings is 1. The molecule has 4 nitrogen and oxygen atoms in total. The van der Waals surface area contributed by atoms with Crippen LogP contribution < -0.4 is 9.47 Å². The maximum atomic E-state index is 11.6. The Morgan fingerprint density at radius 1 is 1.37 bits per heavy atom. The van der Waals surface area contributed by atoms with Crippen LogP contribution in [0, 0.1) is 0 Å². The number of fused-ring (bicyclic) bond motifs is 1. The van der Waals surface area contributed by atoms with Crippen molar-refractivity contribution in [3.8, 4) is 11.5 Å². The summed E-state index contributed by atoms with van der Waals surface area (Å²) < 4.78 is 15.6. The molecule has 1 aliphatic heterocycles. The van der Waals surface area contributed by atoms with Crippen molar-refractivity contribution in [2.75, 3.05) is 6.79 Å². The number of hydrogen-bond acceptors (Lipinski definition) is 4. The van der Waals surface area contributed by atoms with Crippen molar-refractivity contribution in [2.24, 2.45) is 0 Å². The maximum absolute atomic E-state index is 11.6. The van der Waals surface area contributed by atoms with E-state index in [1.807, 2.05) is 20.8 Å². The molecule has 102 valence electrons. The van der Waals surface area contributed by atoms with Crippen LogP contribution in [0.5, 0.6) is 11.5 Å². The number of carbonyl (C=O) groups excluding carboxylic acids is 1. The van der Waals surface area contributed by atoms with Crippen molar-refractivity contribution in [1.82, 2.24) is 0 Å². The maximum Gasteiger partial charge on any atom is 0.331 e. The van der Waals surface area contributed by atoms with Crippen LogP contribution in [0.1, 0.15) is 26.3 Å². The molecule has 19 heavy (non-hydrogen) atoms. The van der Waals surface area contributed by atoms with Crippen molar-refractivity contribution in [2.45, 2.75) is 26.4 Å². The first-order valence-electron chi connectivity index (χ1n) is 5.85. The fraction of sp³-hybridized carbons (Fsp3) is 0.357. The molecule has 1 heterocycles. The van der Waals surface area contributed by atoms with E-state index in [0.29, 0.717) is 16.5 Å². The lowest BCUT2D eigenvalue weighted by atomic mass is 10.2. The lowest BCUT2D eigenvalue weighted by Crippen LogP contribution is -2.22. The van der Waals surface area contributed by atoms with Gasteiger partial charge < -0.3 is 14.2 Å². The van der Waals surface area contributed by atoms with Crippen LogP contribution in [0.2, 0.25) is 5.02 Å². The molecule has 0 spiro atoms. The van der Waals surface area contributed by atoms with Crippen molar-refractivity contribution < 1.29 is 19.0 Å². The zero-order valence-electron chi connectivity index (χ0n) is 11.0. The van der Waals surface area contributed by atoms with Gasteiger partial charge in [0.05, 0.1) is 5.02 Å². The van der Waals surface area contributed by atoms with E-state index in [4.69, 9.17) is 25.8 Å². The molecule has 1 aromatic carbocycles. The van der Waals surface area contributed by atoms with Crippen molar-refractivity contribution in [3.05, 3.63) is 28.8 Å². The van der Waals surface area contributed by atoms with E-state index >= 15 is 0 Å². The average Bonchev–Trinajstić information content (AvgIpc) is 2.72. The van der Waals surface area contributed by atoms with Crippen molar-refractivity contribution >= 4 is 23.6 Å².